The summed E-state index contributed by atoms with van der Waals surface area (Å²) in [4.78, 5) is 23.5. The predicted molar refractivity (Wildman–Crippen MR) is 140 cm³/mol. The summed E-state index contributed by atoms with van der Waals surface area (Å²) in [6.07, 6.45) is 0. The van der Waals surface area contributed by atoms with E-state index in [-0.39, 0.29) is 17.8 Å². The van der Waals surface area contributed by atoms with E-state index in [1.165, 1.54) is 17.8 Å². The minimum absolute atomic E-state index is 0.240. The van der Waals surface area contributed by atoms with E-state index in [0.717, 1.165) is 12.8 Å². The van der Waals surface area contributed by atoms with Gasteiger partial charge in [-0.25, -0.2) is 0 Å². The number of nitrogens with two attached hydrogens (primary N) is 1. The first-order valence-electron chi connectivity index (χ1n) is 10.2. The number of carbonyl (C=O) groups is 2. The Balaban J connectivity index is 0.000000254. The Bertz CT molecular complexity index is 1030. The van der Waals surface area contributed by atoms with Crippen molar-refractivity contribution in [3.05, 3.63) is 108 Å². The van der Waals surface area contributed by atoms with Crippen LogP contribution in [0, 0.1) is 0 Å². The van der Waals surface area contributed by atoms with Crippen molar-refractivity contribution in [2.24, 2.45) is 5.73 Å². The molecule has 0 unspecified atom stereocenters. The van der Waals surface area contributed by atoms with Crippen molar-refractivity contribution in [1.29, 1.82) is 0 Å². The van der Waals surface area contributed by atoms with Gasteiger partial charge in [0.25, 0.3) is 5.91 Å². The molecule has 3 rings (SSSR count). The summed E-state index contributed by atoms with van der Waals surface area (Å²) in [5.74, 6) is -1.25. The third-order valence-electron chi connectivity index (χ3n) is 4.54. The second-order valence-electron chi connectivity index (χ2n) is 7.16. The predicted octanol–water partition coefficient (Wildman–Crippen LogP) is 3.55. The number of nitrogens with one attached hydrogen (secondary N) is 1. The van der Waals surface area contributed by atoms with Gasteiger partial charge in [0.15, 0.2) is 13.1 Å². The Hall–Kier alpha value is -2.73. The molecule has 0 bridgehead atoms. The summed E-state index contributed by atoms with van der Waals surface area (Å²) in [6.45, 7) is 1.42. The van der Waals surface area contributed by atoms with Gasteiger partial charge in [-0.15, -0.1) is 0 Å². The fraction of sp³-hybridized carbons (Fsp3) is 0.120. The van der Waals surface area contributed by atoms with Gasteiger partial charge in [-0.1, -0.05) is 137 Å². The number of amides is 1. The number of allylic oxidation sites excluding steroid dienone is 1. The fourth-order valence-electron chi connectivity index (χ4n) is 2.91. The van der Waals surface area contributed by atoms with E-state index in [1.807, 2.05) is 30.3 Å². The first kappa shape index (κ1) is 26.5. The standard InChI is InChI=1S/C13H13Cl3N2O2.C12H11B/c1-8(19)10(11(17)13(14,15)16)12(20)18-7-9-5-3-2-4-6-9;1-3-7-11(8-4-1)13-12-9-5-2-6-10-12/h2-6H,7,17H2,1H3,(H,18,20);1-10,13H/b11-10-;. The molecule has 170 valence electrons. The monoisotopic (exact) mass is 500 g/mol. The van der Waals surface area contributed by atoms with Crippen LogP contribution in [-0.2, 0) is 16.1 Å². The average molecular weight is 502 g/mol. The number of carbonyl (C=O) groups excluding carboxylic acids is 2. The zero-order valence-electron chi connectivity index (χ0n) is 18.1. The molecular formula is C25H24BCl3N2O2. The van der Waals surface area contributed by atoms with Crippen LogP contribution in [0.4, 0.5) is 0 Å². The lowest BCUT2D eigenvalue weighted by molar-refractivity contribution is -0.121. The Morgan fingerprint density at radius 1 is 0.818 bits per heavy atom. The van der Waals surface area contributed by atoms with Crippen molar-refractivity contribution in [3.8, 4) is 0 Å². The molecule has 0 atom stereocenters. The van der Waals surface area contributed by atoms with Crippen LogP contribution in [0.15, 0.2) is 102 Å². The Kier molecular flexibility index (Phi) is 10.5. The Morgan fingerprint density at radius 2 is 1.24 bits per heavy atom. The van der Waals surface area contributed by atoms with Crippen molar-refractivity contribution >= 4 is 64.7 Å². The number of hydrogen-bond acceptors (Lipinski definition) is 3. The van der Waals surface area contributed by atoms with E-state index in [4.69, 9.17) is 40.5 Å². The highest BCUT2D eigenvalue weighted by Gasteiger charge is 2.31. The molecule has 8 heteroatoms. The van der Waals surface area contributed by atoms with E-state index < -0.39 is 15.5 Å². The van der Waals surface area contributed by atoms with E-state index in [1.54, 1.807) is 0 Å². The lowest BCUT2D eigenvalue weighted by Crippen LogP contribution is -2.32. The van der Waals surface area contributed by atoms with Gasteiger partial charge in [0.1, 0.15) is 5.57 Å². The highest BCUT2D eigenvalue weighted by Crippen LogP contribution is 2.33. The molecule has 0 saturated heterocycles. The van der Waals surface area contributed by atoms with Crippen molar-refractivity contribution in [2.45, 2.75) is 17.3 Å². The normalized spacial score (nSPS) is 11.4. The molecule has 0 aromatic heterocycles. The van der Waals surface area contributed by atoms with Gasteiger partial charge in [0.05, 0.1) is 5.70 Å². The van der Waals surface area contributed by atoms with Crippen molar-refractivity contribution < 1.29 is 9.59 Å². The van der Waals surface area contributed by atoms with Gasteiger partial charge in [-0.05, 0) is 12.5 Å². The van der Waals surface area contributed by atoms with Crippen LogP contribution in [0.25, 0.3) is 0 Å². The van der Waals surface area contributed by atoms with Crippen LogP contribution in [0.2, 0.25) is 0 Å². The summed E-state index contributed by atoms with van der Waals surface area (Å²) in [7, 11) is 1.03. The molecule has 3 aromatic rings. The quantitative estimate of drug-likeness (QED) is 0.178. The molecule has 3 N–H and O–H groups in total. The van der Waals surface area contributed by atoms with Crippen LogP contribution in [-0.4, -0.2) is 22.8 Å². The van der Waals surface area contributed by atoms with Crippen molar-refractivity contribution in [2.75, 3.05) is 0 Å². The maximum absolute atomic E-state index is 12.0. The zero-order valence-corrected chi connectivity index (χ0v) is 20.4. The minimum atomic E-state index is -2.01. The first-order valence-corrected chi connectivity index (χ1v) is 11.3. The Morgan fingerprint density at radius 3 is 1.64 bits per heavy atom. The number of benzene rings is 3. The SMILES string of the molecule is B(c1ccccc1)c1ccccc1.CC(=O)/C(C(=O)NCc1ccccc1)=C(/N)C(Cl)(Cl)Cl. The van der Waals surface area contributed by atoms with Crippen LogP contribution < -0.4 is 22.0 Å². The van der Waals surface area contributed by atoms with Gasteiger partial charge in [-0.3, -0.25) is 9.59 Å². The summed E-state index contributed by atoms with van der Waals surface area (Å²) < 4.78 is -2.01. The Labute approximate surface area is 210 Å². The number of hydrogen-bond donors (Lipinski definition) is 2. The molecule has 0 spiro atoms. The third kappa shape index (κ3) is 9.35. The van der Waals surface area contributed by atoms with E-state index in [2.05, 4.69) is 66.0 Å². The zero-order chi connectivity index (χ0) is 24.3. The molecule has 0 aliphatic carbocycles. The molecule has 0 aliphatic rings. The smallest absolute Gasteiger partial charge is 0.257 e. The van der Waals surface area contributed by atoms with Crippen LogP contribution in [0.1, 0.15) is 12.5 Å². The van der Waals surface area contributed by atoms with E-state index >= 15 is 0 Å². The maximum atomic E-state index is 12.0. The van der Waals surface area contributed by atoms with Crippen LogP contribution >= 0.6 is 34.8 Å². The second-order valence-corrected chi connectivity index (χ2v) is 9.44. The van der Waals surface area contributed by atoms with Gasteiger partial charge in [0.2, 0.25) is 3.79 Å². The molecule has 0 heterocycles. The molecule has 1 amide bonds. The molecule has 4 nitrogen and oxygen atoms in total. The number of rotatable bonds is 6. The second kappa shape index (κ2) is 13.1. The molecule has 0 aliphatic heterocycles. The summed E-state index contributed by atoms with van der Waals surface area (Å²) in [5, 5.41) is 2.56. The lowest BCUT2D eigenvalue weighted by atomic mass is 9.64. The minimum Gasteiger partial charge on any atom is -0.398 e. The average Bonchev–Trinajstić information content (AvgIpc) is 2.79. The molecule has 0 fully saturated rings. The van der Waals surface area contributed by atoms with Crippen LogP contribution in [0.5, 0.6) is 0 Å². The topological polar surface area (TPSA) is 72.2 Å². The number of halogens is 3. The number of alkyl halides is 3. The first-order chi connectivity index (χ1) is 15.7. The van der Waals surface area contributed by atoms with E-state index in [9.17, 15) is 9.59 Å². The van der Waals surface area contributed by atoms with Crippen molar-refractivity contribution in [1.82, 2.24) is 5.32 Å². The highest BCUT2D eigenvalue weighted by atomic mass is 35.6. The largest absolute Gasteiger partial charge is 0.398 e. The molecular weight excluding hydrogens is 477 g/mol. The maximum Gasteiger partial charge on any atom is 0.257 e. The molecule has 33 heavy (non-hydrogen) atoms. The summed E-state index contributed by atoms with van der Waals surface area (Å²) in [6, 6.07) is 30.2. The van der Waals surface area contributed by atoms with E-state index in [0.29, 0.717) is 0 Å². The summed E-state index contributed by atoms with van der Waals surface area (Å²) >= 11 is 16.8. The van der Waals surface area contributed by atoms with Crippen molar-refractivity contribution in [3.63, 3.8) is 0 Å². The molecule has 0 radical (unpaired) electrons. The molecule has 3 aromatic carbocycles. The van der Waals surface area contributed by atoms with Crippen LogP contribution in [0.3, 0.4) is 0 Å². The van der Waals surface area contributed by atoms with Gasteiger partial charge < -0.3 is 11.1 Å². The number of ketones is 1. The third-order valence-corrected chi connectivity index (χ3v) is 5.15. The van der Waals surface area contributed by atoms with Gasteiger partial charge >= 0.3 is 0 Å². The molecule has 0 saturated carbocycles. The lowest BCUT2D eigenvalue weighted by Gasteiger charge is -2.15. The fourth-order valence-corrected chi connectivity index (χ4v) is 3.19. The van der Waals surface area contributed by atoms with Gasteiger partial charge in [0, 0.05) is 6.54 Å². The number of Topliss-reactive ketones (excluding diaryl/α,β-unsaturated/α-hetero) is 1. The highest BCUT2D eigenvalue weighted by molar-refractivity contribution is 6.69. The summed E-state index contributed by atoms with van der Waals surface area (Å²) in [5.41, 5.74) is 8.44. The van der Waals surface area contributed by atoms with Gasteiger partial charge in [-0.2, -0.15) is 0 Å².